The van der Waals surface area contributed by atoms with Crippen molar-refractivity contribution in [3.8, 4) is 0 Å². The number of aromatic amines is 1. The highest BCUT2D eigenvalue weighted by Gasteiger charge is 2.31. The van der Waals surface area contributed by atoms with E-state index in [1.165, 1.54) is 21.5 Å². The molecule has 0 aromatic carbocycles. The molecule has 0 spiro atoms. The maximum Gasteiger partial charge on any atom is 0.362 e. The van der Waals surface area contributed by atoms with Crippen LogP contribution in [0.1, 0.15) is 6.23 Å². The number of rotatable bonds is 5. The first-order valence-corrected chi connectivity index (χ1v) is 9.45. The molecule has 1 aliphatic heterocycles. The minimum Gasteiger partial charge on any atom is -0.350 e. The van der Waals surface area contributed by atoms with Crippen molar-refractivity contribution in [1.82, 2.24) is 19.1 Å². The van der Waals surface area contributed by atoms with Crippen molar-refractivity contribution in [2.45, 2.75) is 12.3 Å². The van der Waals surface area contributed by atoms with E-state index in [0.29, 0.717) is 13.1 Å². The van der Waals surface area contributed by atoms with E-state index in [2.05, 4.69) is 4.98 Å². The minimum atomic E-state index is -3.37. The van der Waals surface area contributed by atoms with E-state index in [1.54, 1.807) is 14.1 Å². The maximum atomic E-state index is 12.0. The van der Waals surface area contributed by atoms with Gasteiger partial charge in [-0.1, -0.05) is 0 Å². The highest BCUT2D eigenvalue weighted by Crippen LogP contribution is 2.54. The van der Waals surface area contributed by atoms with Crippen LogP contribution in [0.5, 0.6) is 0 Å². The molecule has 0 bridgehead atoms. The number of hydrogen-bond acceptors (Lipinski definition) is 6. The molecule has 1 aromatic heterocycles. The molecule has 130 valence electrons. The number of H-pyrrole nitrogens is 1. The Balaban J connectivity index is 2.09. The zero-order valence-electron chi connectivity index (χ0n) is 13.1. The number of hydrogen-bond donors (Lipinski definition) is 1. The van der Waals surface area contributed by atoms with Gasteiger partial charge in [-0.15, -0.1) is 0 Å². The van der Waals surface area contributed by atoms with Crippen LogP contribution < -0.4 is 11.2 Å². The molecule has 23 heavy (non-hydrogen) atoms. The third-order valence-electron chi connectivity index (χ3n) is 3.39. The van der Waals surface area contributed by atoms with Crippen LogP contribution in [-0.4, -0.2) is 66.1 Å². The lowest BCUT2D eigenvalue weighted by atomic mass is 10.3. The molecule has 0 radical (unpaired) electrons. The van der Waals surface area contributed by atoms with Crippen molar-refractivity contribution in [1.29, 1.82) is 0 Å². The van der Waals surface area contributed by atoms with Gasteiger partial charge in [-0.2, -0.15) is 0 Å². The summed E-state index contributed by atoms with van der Waals surface area (Å²) in [6.45, 7) is -2.33. The van der Waals surface area contributed by atoms with E-state index >= 15 is 0 Å². The lowest BCUT2D eigenvalue weighted by Gasteiger charge is -2.36. The lowest BCUT2D eigenvalue weighted by Crippen LogP contribution is -2.48. The van der Waals surface area contributed by atoms with Crippen molar-refractivity contribution >= 4 is 18.1 Å². The average Bonchev–Trinajstić information content (AvgIpc) is 2.44. The van der Waals surface area contributed by atoms with E-state index in [0.717, 1.165) is 0 Å². The van der Waals surface area contributed by atoms with Gasteiger partial charge in [0.25, 0.3) is 5.56 Å². The second kappa shape index (κ2) is 7.29. The molecule has 2 heterocycles. The first-order chi connectivity index (χ1) is 10.7. The standard InChI is InChI=1S/C12H20ClN4O5P/c1-15(2)23(13,20)21-8-9-6-16(3)7-11(22-9)17-5-4-10(18)14-12(17)19/h4-5,9,11H,6-8H2,1-3H3,(H,14,18,19)/t9-,11+,23?/m0/s1. The molecule has 1 aromatic rings. The first-order valence-electron chi connectivity index (χ1n) is 6.96. The van der Waals surface area contributed by atoms with Crippen LogP contribution in [0.3, 0.4) is 0 Å². The molecule has 9 nitrogen and oxygen atoms in total. The smallest absolute Gasteiger partial charge is 0.350 e. The van der Waals surface area contributed by atoms with Crippen molar-refractivity contribution in [3.63, 3.8) is 0 Å². The number of aromatic nitrogens is 2. The maximum absolute atomic E-state index is 12.0. The lowest BCUT2D eigenvalue weighted by molar-refractivity contribution is -0.127. The molecule has 2 rings (SSSR count). The molecule has 0 amide bonds. The monoisotopic (exact) mass is 366 g/mol. The van der Waals surface area contributed by atoms with Gasteiger partial charge in [0.2, 0.25) is 0 Å². The van der Waals surface area contributed by atoms with Gasteiger partial charge in [-0.25, -0.2) is 9.46 Å². The molecule has 0 saturated carbocycles. The normalized spacial score (nSPS) is 25.4. The molecule has 1 fully saturated rings. The number of nitrogens with one attached hydrogen (secondary N) is 1. The molecule has 3 atom stereocenters. The highest BCUT2D eigenvalue weighted by molar-refractivity contribution is 7.83. The fraction of sp³-hybridized carbons (Fsp3) is 0.667. The first kappa shape index (κ1) is 18.4. The fourth-order valence-corrected chi connectivity index (χ4v) is 2.94. The van der Waals surface area contributed by atoms with Crippen molar-refractivity contribution in [2.24, 2.45) is 0 Å². The zero-order chi connectivity index (χ0) is 17.2. The van der Waals surface area contributed by atoms with Gasteiger partial charge in [0.1, 0.15) is 0 Å². The Bertz CT molecular complexity index is 705. The number of morpholine rings is 1. The van der Waals surface area contributed by atoms with E-state index < -0.39 is 30.5 Å². The van der Waals surface area contributed by atoms with Crippen LogP contribution in [0.15, 0.2) is 21.9 Å². The molecule has 1 N–H and O–H groups in total. The Hall–Kier alpha value is -0.960. The van der Waals surface area contributed by atoms with Gasteiger partial charge < -0.3 is 9.26 Å². The summed E-state index contributed by atoms with van der Waals surface area (Å²) in [5, 5.41) is 0. The highest BCUT2D eigenvalue weighted by atomic mass is 35.7. The number of ether oxygens (including phenoxy) is 1. The van der Waals surface area contributed by atoms with E-state index in [1.807, 2.05) is 11.9 Å². The van der Waals surface area contributed by atoms with Crippen LogP contribution in [0, 0.1) is 0 Å². The van der Waals surface area contributed by atoms with Crippen molar-refractivity contribution < 1.29 is 13.8 Å². The fourth-order valence-electron chi connectivity index (χ4n) is 2.19. The summed E-state index contributed by atoms with van der Waals surface area (Å²) in [7, 11) is 4.99. The summed E-state index contributed by atoms with van der Waals surface area (Å²) < 4.78 is 25.7. The Kier molecular flexibility index (Phi) is 5.83. The van der Waals surface area contributed by atoms with Gasteiger partial charge >= 0.3 is 12.6 Å². The molecule has 1 aliphatic rings. The molecular formula is C12H20ClN4O5P. The van der Waals surface area contributed by atoms with Crippen LogP contribution in [0.4, 0.5) is 0 Å². The Labute approximate surface area is 138 Å². The minimum absolute atomic E-state index is 0.0257. The van der Waals surface area contributed by atoms with Crippen molar-refractivity contribution in [3.05, 3.63) is 33.1 Å². The van der Waals surface area contributed by atoms with Crippen LogP contribution >= 0.6 is 18.1 Å². The number of halogens is 1. The average molecular weight is 367 g/mol. The van der Waals surface area contributed by atoms with Crippen molar-refractivity contribution in [2.75, 3.05) is 40.8 Å². The summed E-state index contributed by atoms with van der Waals surface area (Å²) >= 11 is 5.82. The van der Waals surface area contributed by atoms with Crippen LogP contribution in [-0.2, 0) is 13.8 Å². The quantitative estimate of drug-likeness (QED) is 0.748. The van der Waals surface area contributed by atoms with Gasteiger partial charge in [0.05, 0.1) is 12.7 Å². The molecule has 1 unspecified atom stereocenters. The number of likely N-dealkylation sites (N-methyl/N-ethyl adjacent to an activating group) is 1. The summed E-state index contributed by atoms with van der Waals surface area (Å²) in [5.41, 5.74) is -1.02. The Morgan fingerprint density at radius 1 is 1.48 bits per heavy atom. The predicted molar refractivity (Wildman–Crippen MR) is 85.8 cm³/mol. The topological polar surface area (TPSA) is 96.9 Å². The van der Waals surface area contributed by atoms with Gasteiger partial charge in [-0.05, 0) is 32.4 Å². The zero-order valence-corrected chi connectivity index (χ0v) is 14.8. The largest absolute Gasteiger partial charge is 0.362 e. The van der Waals surface area contributed by atoms with Crippen LogP contribution in [0.2, 0.25) is 0 Å². The van der Waals surface area contributed by atoms with Gasteiger partial charge in [0, 0.05) is 25.4 Å². The third-order valence-corrected chi connectivity index (χ3v) is 6.01. The van der Waals surface area contributed by atoms with Gasteiger partial charge in [0.15, 0.2) is 6.23 Å². The van der Waals surface area contributed by atoms with Gasteiger partial charge in [-0.3, -0.25) is 23.8 Å². The summed E-state index contributed by atoms with van der Waals surface area (Å²) in [6.07, 6.45) is 0.389. The van der Waals surface area contributed by atoms with Crippen LogP contribution in [0.25, 0.3) is 0 Å². The molecule has 11 heteroatoms. The number of nitrogens with zero attached hydrogens (tertiary/aromatic N) is 3. The second-order valence-corrected chi connectivity index (χ2v) is 8.79. The summed E-state index contributed by atoms with van der Waals surface area (Å²) in [4.78, 5) is 27.1. The molecule has 0 aliphatic carbocycles. The summed E-state index contributed by atoms with van der Waals surface area (Å²) in [5.74, 6) is 0. The predicted octanol–water partition coefficient (Wildman–Crippen LogP) is 0.291. The van der Waals surface area contributed by atoms with E-state index in [-0.39, 0.29) is 6.61 Å². The van der Waals surface area contributed by atoms with E-state index in [4.69, 9.17) is 20.5 Å². The SMILES string of the molecule is CN1C[C@@H](COP(=O)(Cl)N(C)C)O[C@@H](n2ccc(=O)[nH]c2=O)C1. The Morgan fingerprint density at radius 3 is 2.78 bits per heavy atom. The summed E-state index contributed by atoms with van der Waals surface area (Å²) in [6, 6.07) is 1.25. The molecule has 1 saturated heterocycles. The third kappa shape index (κ3) is 4.76. The Morgan fingerprint density at radius 2 is 2.17 bits per heavy atom. The molecular weight excluding hydrogens is 347 g/mol. The van der Waals surface area contributed by atoms with E-state index in [9.17, 15) is 14.2 Å². The second-order valence-electron chi connectivity index (χ2n) is 5.55.